The fourth-order valence-corrected chi connectivity index (χ4v) is 1.72. The van der Waals surface area contributed by atoms with Gasteiger partial charge < -0.3 is 4.18 Å². The number of benzene rings is 1. The average molecular weight is 263 g/mol. The highest BCUT2D eigenvalue weighted by Crippen LogP contribution is 2.29. The topological polar surface area (TPSA) is 86.5 Å². The molecule has 1 rings (SSSR count). The first kappa shape index (κ1) is 13.4. The summed E-state index contributed by atoms with van der Waals surface area (Å²) in [6, 6.07) is 1.67. The molecule has 0 atom stereocenters. The molecule has 0 bridgehead atoms. The van der Waals surface area contributed by atoms with Crippen LogP contribution in [-0.2, 0) is 16.5 Å². The molecule has 17 heavy (non-hydrogen) atoms. The molecule has 0 aliphatic rings. The Morgan fingerprint density at radius 1 is 1.47 bits per heavy atom. The second kappa shape index (κ2) is 4.66. The van der Waals surface area contributed by atoms with Gasteiger partial charge in [0.15, 0.2) is 5.75 Å². The average Bonchev–Trinajstić information content (AvgIpc) is 2.17. The van der Waals surface area contributed by atoms with Crippen LogP contribution >= 0.6 is 0 Å². The van der Waals surface area contributed by atoms with E-state index in [-0.39, 0.29) is 11.3 Å². The van der Waals surface area contributed by atoms with Gasteiger partial charge in [0.05, 0.1) is 17.2 Å². The van der Waals surface area contributed by atoms with Gasteiger partial charge in [0.1, 0.15) is 0 Å². The number of halogens is 1. The molecule has 0 saturated heterocycles. The normalized spacial score (nSPS) is 11.2. The molecular formula is C9H10FNO5S. The van der Waals surface area contributed by atoms with Crippen LogP contribution in [0.2, 0.25) is 0 Å². The van der Waals surface area contributed by atoms with Crippen LogP contribution in [0, 0.1) is 15.9 Å². The molecule has 0 amide bonds. The number of aryl methyl sites for hydroxylation is 1. The van der Waals surface area contributed by atoms with Crippen molar-refractivity contribution in [2.24, 2.45) is 0 Å². The maximum absolute atomic E-state index is 13.3. The Bertz CT molecular complexity index is 555. The van der Waals surface area contributed by atoms with Crippen LogP contribution in [0.5, 0.6) is 5.75 Å². The minimum absolute atomic E-state index is 0.219. The maximum atomic E-state index is 13.3. The number of rotatable bonds is 4. The number of nitrogens with zero attached hydrogens (tertiary/aromatic N) is 1. The lowest BCUT2D eigenvalue weighted by atomic mass is 10.1. The van der Waals surface area contributed by atoms with E-state index < -0.39 is 26.5 Å². The Kier molecular flexibility index (Phi) is 3.66. The Morgan fingerprint density at radius 3 is 2.47 bits per heavy atom. The van der Waals surface area contributed by atoms with Gasteiger partial charge in [-0.05, 0) is 18.1 Å². The third kappa shape index (κ3) is 3.38. The Balaban J connectivity index is 3.36. The van der Waals surface area contributed by atoms with Crippen LogP contribution in [0.3, 0.4) is 0 Å². The lowest BCUT2D eigenvalue weighted by Crippen LogP contribution is -2.08. The van der Waals surface area contributed by atoms with Gasteiger partial charge in [-0.15, -0.1) is 0 Å². The van der Waals surface area contributed by atoms with Crippen molar-refractivity contribution in [1.29, 1.82) is 0 Å². The van der Waals surface area contributed by atoms with E-state index in [0.717, 1.165) is 18.4 Å². The van der Waals surface area contributed by atoms with Crippen LogP contribution in [0.25, 0.3) is 0 Å². The molecule has 94 valence electrons. The Morgan fingerprint density at radius 2 is 2.06 bits per heavy atom. The van der Waals surface area contributed by atoms with Crippen molar-refractivity contribution in [3.63, 3.8) is 0 Å². The van der Waals surface area contributed by atoms with E-state index in [1.54, 1.807) is 6.92 Å². The van der Waals surface area contributed by atoms with Crippen molar-refractivity contribution >= 4 is 15.8 Å². The standard InChI is InChI=1S/C9H10FNO5S/c1-3-6-4-7(10)8(11(12)13)5-9(6)16-17(2,14)15/h4-5H,3H2,1-2H3. The summed E-state index contributed by atoms with van der Waals surface area (Å²) in [5, 5.41) is 10.5. The third-order valence-corrected chi connectivity index (χ3v) is 2.43. The summed E-state index contributed by atoms with van der Waals surface area (Å²) >= 11 is 0. The van der Waals surface area contributed by atoms with Gasteiger partial charge >= 0.3 is 15.8 Å². The highest BCUT2D eigenvalue weighted by atomic mass is 32.2. The van der Waals surface area contributed by atoms with Gasteiger partial charge in [0.25, 0.3) is 0 Å². The Hall–Kier alpha value is -1.70. The van der Waals surface area contributed by atoms with E-state index in [9.17, 15) is 22.9 Å². The molecule has 0 saturated carbocycles. The van der Waals surface area contributed by atoms with Gasteiger partial charge in [-0.3, -0.25) is 10.1 Å². The molecular weight excluding hydrogens is 253 g/mol. The lowest BCUT2D eigenvalue weighted by Gasteiger charge is -2.08. The molecule has 0 unspecified atom stereocenters. The molecule has 0 fully saturated rings. The minimum atomic E-state index is -3.81. The highest BCUT2D eigenvalue weighted by Gasteiger charge is 2.20. The van der Waals surface area contributed by atoms with E-state index in [2.05, 4.69) is 4.18 Å². The first-order chi connectivity index (χ1) is 7.74. The summed E-state index contributed by atoms with van der Waals surface area (Å²) in [7, 11) is -3.81. The van der Waals surface area contributed by atoms with E-state index >= 15 is 0 Å². The predicted molar refractivity (Wildman–Crippen MR) is 57.9 cm³/mol. The molecule has 0 spiro atoms. The fraction of sp³-hybridized carbons (Fsp3) is 0.333. The molecule has 1 aromatic carbocycles. The molecule has 6 nitrogen and oxygen atoms in total. The van der Waals surface area contributed by atoms with Crippen molar-refractivity contribution in [2.75, 3.05) is 6.26 Å². The van der Waals surface area contributed by atoms with Gasteiger partial charge in [-0.1, -0.05) is 6.92 Å². The monoisotopic (exact) mass is 263 g/mol. The van der Waals surface area contributed by atoms with Crippen LogP contribution in [0.15, 0.2) is 12.1 Å². The van der Waals surface area contributed by atoms with Crippen LogP contribution < -0.4 is 4.18 Å². The zero-order valence-electron chi connectivity index (χ0n) is 9.14. The first-order valence-electron chi connectivity index (χ1n) is 4.61. The maximum Gasteiger partial charge on any atom is 0.308 e. The number of nitro groups is 1. The van der Waals surface area contributed by atoms with Gasteiger partial charge in [-0.2, -0.15) is 12.8 Å². The molecule has 0 radical (unpaired) electrons. The minimum Gasteiger partial charge on any atom is -0.382 e. The second-order valence-corrected chi connectivity index (χ2v) is 4.88. The summed E-state index contributed by atoms with van der Waals surface area (Å²) in [5.41, 5.74) is -0.570. The SMILES string of the molecule is CCc1cc(F)c([N+](=O)[O-])cc1OS(C)(=O)=O. The number of hydrogen-bond donors (Lipinski definition) is 0. The quantitative estimate of drug-likeness (QED) is 0.468. The lowest BCUT2D eigenvalue weighted by molar-refractivity contribution is -0.387. The van der Waals surface area contributed by atoms with E-state index in [0.29, 0.717) is 6.42 Å². The molecule has 0 N–H and O–H groups in total. The first-order valence-corrected chi connectivity index (χ1v) is 6.42. The predicted octanol–water partition coefficient (Wildman–Crippen LogP) is 1.63. The summed E-state index contributed by atoms with van der Waals surface area (Å²) in [5.74, 6) is -1.24. The Labute approximate surface area is 97.3 Å². The summed E-state index contributed by atoms with van der Waals surface area (Å²) in [4.78, 5) is 9.56. The van der Waals surface area contributed by atoms with Crippen molar-refractivity contribution in [3.05, 3.63) is 33.6 Å². The third-order valence-electron chi connectivity index (χ3n) is 1.95. The molecule has 8 heteroatoms. The second-order valence-electron chi connectivity index (χ2n) is 3.31. The molecule has 0 aromatic heterocycles. The fourth-order valence-electron chi connectivity index (χ4n) is 1.24. The van der Waals surface area contributed by atoms with Gasteiger partial charge in [0, 0.05) is 0 Å². The smallest absolute Gasteiger partial charge is 0.308 e. The summed E-state index contributed by atoms with van der Waals surface area (Å²) in [6.45, 7) is 1.65. The number of nitro benzene ring substituents is 1. The van der Waals surface area contributed by atoms with Crippen molar-refractivity contribution in [2.45, 2.75) is 13.3 Å². The van der Waals surface area contributed by atoms with Crippen LogP contribution in [0.1, 0.15) is 12.5 Å². The zero-order chi connectivity index (χ0) is 13.2. The molecule has 0 aliphatic carbocycles. The molecule has 0 heterocycles. The largest absolute Gasteiger partial charge is 0.382 e. The van der Waals surface area contributed by atoms with Crippen LogP contribution in [0.4, 0.5) is 10.1 Å². The van der Waals surface area contributed by atoms with E-state index in [4.69, 9.17) is 0 Å². The van der Waals surface area contributed by atoms with Crippen LogP contribution in [-0.4, -0.2) is 19.6 Å². The highest BCUT2D eigenvalue weighted by molar-refractivity contribution is 7.86. The zero-order valence-corrected chi connectivity index (χ0v) is 9.95. The summed E-state index contributed by atoms with van der Waals surface area (Å²) in [6.07, 6.45) is 1.10. The molecule has 1 aromatic rings. The van der Waals surface area contributed by atoms with Crippen molar-refractivity contribution in [3.8, 4) is 5.75 Å². The van der Waals surface area contributed by atoms with Gasteiger partial charge in [-0.25, -0.2) is 0 Å². The number of hydrogen-bond acceptors (Lipinski definition) is 5. The van der Waals surface area contributed by atoms with Crippen molar-refractivity contribution in [1.82, 2.24) is 0 Å². The van der Waals surface area contributed by atoms with E-state index in [1.807, 2.05) is 0 Å². The van der Waals surface area contributed by atoms with E-state index in [1.165, 1.54) is 0 Å². The summed E-state index contributed by atoms with van der Waals surface area (Å²) < 4.78 is 39.7. The van der Waals surface area contributed by atoms with Gasteiger partial charge in [0.2, 0.25) is 5.82 Å². The molecule has 0 aliphatic heterocycles. The van der Waals surface area contributed by atoms with Crippen molar-refractivity contribution < 1.29 is 21.9 Å².